The summed E-state index contributed by atoms with van der Waals surface area (Å²) in [6.45, 7) is 6.68. The van der Waals surface area contributed by atoms with Crippen LogP contribution in [-0.4, -0.2) is 0 Å². The molecule has 0 bridgehead atoms. The summed E-state index contributed by atoms with van der Waals surface area (Å²) in [4.78, 5) is 0. The standard InChI is InChI=1S/C16H25F/c1-4-6-7-8-12-16(3,5-2)14-10-9-11-15(17)13-14/h9-11,13H,4-8,12H2,1-3H3. The van der Waals surface area contributed by atoms with Crippen LogP contribution in [0.15, 0.2) is 24.3 Å². The lowest BCUT2D eigenvalue weighted by Gasteiger charge is -2.29. The molecule has 1 atom stereocenters. The van der Waals surface area contributed by atoms with E-state index in [0.29, 0.717) is 0 Å². The molecule has 0 spiro atoms. The van der Waals surface area contributed by atoms with Crippen molar-refractivity contribution in [2.24, 2.45) is 0 Å². The van der Waals surface area contributed by atoms with Crippen molar-refractivity contribution >= 4 is 0 Å². The van der Waals surface area contributed by atoms with Gasteiger partial charge < -0.3 is 0 Å². The summed E-state index contributed by atoms with van der Waals surface area (Å²) in [7, 11) is 0. The first-order valence-electron chi connectivity index (χ1n) is 6.88. The first kappa shape index (κ1) is 14.2. The molecular formula is C16H25F. The van der Waals surface area contributed by atoms with Gasteiger partial charge in [-0.1, -0.05) is 58.6 Å². The predicted molar refractivity (Wildman–Crippen MR) is 72.8 cm³/mol. The predicted octanol–water partition coefficient (Wildman–Crippen LogP) is 5.46. The lowest BCUT2D eigenvalue weighted by molar-refractivity contribution is 0.394. The Morgan fingerprint density at radius 3 is 2.47 bits per heavy atom. The van der Waals surface area contributed by atoms with Crippen molar-refractivity contribution < 1.29 is 4.39 Å². The summed E-state index contributed by atoms with van der Waals surface area (Å²) in [5.74, 6) is -0.115. The van der Waals surface area contributed by atoms with Gasteiger partial charge in [0.1, 0.15) is 5.82 Å². The molecule has 0 heterocycles. The Hall–Kier alpha value is -0.850. The maximum absolute atomic E-state index is 13.3. The first-order valence-corrected chi connectivity index (χ1v) is 6.88. The highest BCUT2D eigenvalue weighted by atomic mass is 19.1. The van der Waals surface area contributed by atoms with Crippen molar-refractivity contribution in [3.8, 4) is 0 Å². The summed E-state index contributed by atoms with van der Waals surface area (Å²) in [6, 6.07) is 7.11. The Bertz CT molecular complexity index is 332. The molecule has 1 unspecified atom stereocenters. The second-order valence-corrected chi connectivity index (χ2v) is 5.24. The van der Waals surface area contributed by atoms with Crippen molar-refractivity contribution in [3.63, 3.8) is 0 Å². The maximum Gasteiger partial charge on any atom is 0.123 e. The average Bonchev–Trinajstić information content (AvgIpc) is 2.34. The third-order valence-corrected chi connectivity index (χ3v) is 3.88. The zero-order valence-corrected chi connectivity index (χ0v) is 11.4. The van der Waals surface area contributed by atoms with Crippen LogP contribution in [0.2, 0.25) is 0 Å². The van der Waals surface area contributed by atoms with Crippen molar-refractivity contribution in [3.05, 3.63) is 35.6 Å². The fourth-order valence-electron chi connectivity index (χ4n) is 2.33. The van der Waals surface area contributed by atoms with Crippen LogP contribution in [0, 0.1) is 5.82 Å². The molecule has 0 nitrogen and oxygen atoms in total. The summed E-state index contributed by atoms with van der Waals surface area (Å²) in [5, 5.41) is 0. The smallest absolute Gasteiger partial charge is 0.123 e. The summed E-state index contributed by atoms with van der Waals surface area (Å²) in [6.07, 6.45) is 7.34. The van der Waals surface area contributed by atoms with E-state index in [0.717, 1.165) is 18.4 Å². The normalized spacial score (nSPS) is 14.6. The minimum atomic E-state index is -0.115. The van der Waals surface area contributed by atoms with Crippen LogP contribution in [0.1, 0.15) is 64.9 Å². The number of hydrogen-bond acceptors (Lipinski definition) is 0. The van der Waals surface area contributed by atoms with Gasteiger partial charge in [0, 0.05) is 0 Å². The molecule has 1 heteroatoms. The Morgan fingerprint density at radius 1 is 1.12 bits per heavy atom. The highest BCUT2D eigenvalue weighted by Gasteiger charge is 2.24. The van der Waals surface area contributed by atoms with Gasteiger partial charge in [-0.15, -0.1) is 0 Å². The first-order chi connectivity index (χ1) is 8.12. The third kappa shape index (κ3) is 4.14. The summed E-state index contributed by atoms with van der Waals surface area (Å²) >= 11 is 0. The Balaban J connectivity index is 2.67. The topological polar surface area (TPSA) is 0 Å². The monoisotopic (exact) mass is 236 g/mol. The van der Waals surface area contributed by atoms with Crippen LogP contribution in [0.3, 0.4) is 0 Å². The highest BCUT2D eigenvalue weighted by molar-refractivity contribution is 5.25. The highest BCUT2D eigenvalue weighted by Crippen LogP contribution is 2.33. The molecule has 17 heavy (non-hydrogen) atoms. The molecular weight excluding hydrogens is 211 g/mol. The molecule has 0 amide bonds. The molecule has 1 aromatic carbocycles. The van der Waals surface area contributed by atoms with Crippen LogP contribution in [0.5, 0.6) is 0 Å². The Morgan fingerprint density at radius 2 is 1.88 bits per heavy atom. The zero-order valence-electron chi connectivity index (χ0n) is 11.4. The SMILES string of the molecule is CCCCCCC(C)(CC)c1cccc(F)c1. The molecule has 0 aliphatic rings. The molecule has 0 aliphatic carbocycles. The van der Waals surface area contributed by atoms with Crippen LogP contribution >= 0.6 is 0 Å². The van der Waals surface area contributed by atoms with Crippen molar-refractivity contribution in [1.29, 1.82) is 0 Å². The van der Waals surface area contributed by atoms with E-state index in [2.05, 4.69) is 26.8 Å². The van der Waals surface area contributed by atoms with Gasteiger partial charge >= 0.3 is 0 Å². The lowest BCUT2D eigenvalue weighted by atomic mass is 9.76. The molecule has 0 N–H and O–H groups in total. The molecule has 0 aromatic heterocycles. The van der Waals surface area contributed by atoms with Gasteiger partial charge in [-0.3, -0.25) is 0 Å². The van der Waals surface area contributed by atoms with E-state index in [1.165, 1.54) is 31.7 Å². The van der Waals surface area contributed by atoms with E-state index >= 15 is 0 Å². The van der Waals surface area contributed by atoms with Crippen LogP contribution in [-0.2, 0) is 5.41 Å². The van der Waals surface area contributed by atoms with Gasteiger partial charge in [0.15, 0.2) is 0 Å². The minimum absolute atomic E-state index is 0.115. The summed E-state index contributed by atoms with van der Waals surface area (Å²) in [5.41, 5.74) is 1.28. The quantitative estimate of drug-likeness (QED) is 0.551. The maximum atomic E-state index is 13.3. The van der Waals surface area contributed by atoms with Crippen LogP contribution in [0.25, 0.3) is 0 Å². The molecule has 1 aromatic rings. The second-order valence-electron chi connectivity index (χ2n) is 5.24. The number of hydrogen-bond donors (Lipinski definition) is 0. The van der Waals surface area contributed by atoms with Gasteiger partial charge in [-0.05, 0) is 36.0 Å². The molecule has 0 fully saturated rings. The number of rotatable bonds is 7. The summed E-state index contributed by atoms with van der Waals surface area (Å²) < 4.78 is 13.3. The largest absolute Gasteiger partial charge is 0.207 e. The van der Waals surface area contributed by atoms with Crippen molar-refractivity contribution in [2.45, 2.75) is 64.7 Å². The van der Waals surface area contributed by atoms with E-state index in [1.54, 1.807) is 6.07 Å². The number of benzene rings is 1. The zero-order chi connectivity index (χ0) is 12.7. The van der Waals surface area contributed by atoms with E-state index in [1.807, 2.05) is 6.07 Å². The fourth-order valence-corrected chi connectivity index (χ4v) is 2.33. The van der Waals surface area contributed by atoms with E-state index in [9.17, 15) is 4.39 Å². The average molecular weight is 236 g/mol. The molecule has 96 valence electrons. The van der Waals surface area contributed by atoms with E-state index in [4.69, 9.17) is 0 Å². The molecule has 0 saturated carbocycles. The van der Waals surface area contributed by atoms with Crippen LogP contribution in [0.4, 0.5) is 4.39 Å². The van der Waals surface area contributed by atoms with Crippen molar-refractivity contribution in [1.82, 2.24) is 0 Å². The van der Waals surface area contributed by atoms with Gasteiger partial charge in [0.05, 0.1) is 0 Å². The Kier molecular flexibility index (Phi) is 5.67. The van der Waals surface area contributed by atoms with Gasteiger partial charge in [-0.2, -0.15) is 0 Å². The van der Waals surface area contributed by atoms with E-state index in [-0.39, 0.29) is 11.2 Å². The van der Waals surface area contributed by atoms with Crippen molar-refractivity contribution in [2.75, 3.05) is 0 Å². The number of halogens is 1. The number of unbranched alkanes of at least 4 members (excludes halogenated alkanes) is 3. The Labute approximate surface area is 105 Å². The third-order valence-electron chi connectivity index (χ3n) is 3.88. The molecule has 0 aliphatic heterocycles. The molecule has 1 rings (SSSR count). The molecule has 0 radical (unpaired) electrons. The molecule has 0 saturated heterocycles. The second kappa shape index (κ2) is 6.78. The van der Waals surface area contributed by atoms with E-state index < -0.39 is 0 Å². The minimum Gasteiger partial charge on any atom is -0.207 e. The van der Waals surface area contributed by atoms with Gasteiger partial charge in [0.2, 0.25) is 0 Å². The van der Waals surface area contributed by atoms with Gasteiger partial charge in [0.25, 0.3) is 0 Å². The lowest BCUT2D eigenvalue weighted by Crippen LogP contribution is -2.20. The fraction of sp³-hybridized carbons (Fsp3) is 0.625. The van der Waals surface area contributed by atoms with Gasteiger partial charge in [-0.25, -0.2) is 4.39 Å². The van der Waals surface area contributed by atoms with Crippen LogP contribution < -0.4 is 0 Å².